The molecule has 0 bridgehead atoms. The molecule has 15 heteroatoms. The Balaban J connectivity index is 1.49. The molecule has 10 atom stereocenters. The number of hydrogen-bond acceptors (Lipinski definition) is 15. The number of aliphatic hydroxyl groups is 5. The molecule has 0 radical (unpaired) electrons. The fourth-order valence-electron chi connectivity index (χ4n) is 5.15. The lowest BCUT2D eigenvalue weighted by atomic mass is 9.92. The third-order valence-corrected chi connectivity index (χ3v) is 7.94. The van der Waals surface area contributed by atoms with E-state index in [0.717, 1.165) is 12.1 Å². The van der Waals surface area contributed by atoms with Crippen LogP contribution in [0.15, 0.2) is 39.5 Å². The van der Waals surface area contributed by atoms with E-state index in [2.05, 4.69) is 0 Å². The van der Waals surface area contributed by atoms with Crippen molar-refractivity contribution < 1.29 is 69.0 Å². The molecule has 5 rings (SSSR count). The normalized spacial score (nSPS) is 32.5. The highest BCUT2D eigenvalue weighted by atomic mass is 16.7. The standard InChI is InChI=1S/C29H34O15/c1-10-11(2)41-28(24(37)20(10)33)40-9-18-21(34)23(36)25(38)29(43-18)44-27-22(35)19-15(32)7-13(30)8-17(19)42-26(27)12-4-5-14(31)16(6-12)39-3/h4-8,10-11,18,20-21,23-25,28-34,36-38H,9H2,1-3H3. The lowest BCUT2D eigenvalue weighted by Crippen LogP contribution is -2.61. The molecule has 0 aliphatic carbocycles. The minimum atomic E-state index is -1.91. The zero-order chi connectivity index (χ0) is 32.0. The van der Waals surface area contributed by atoms with E-state index in [-0.39, 0.29) is 33.8 Å². The summed E-state index contributed by atoms with van der Waals surface area (Å²) in [5, 5.41) is 82.7. The Hall–Kier alpha value is -3.67. The molecule has 3 heterocycles. The lowest BCUT2D eigenvalue weighted by Gasteiger charge is -2.42. The minimum Gasteiger partial charge on any atom is -0.508 e. The molecule has 1 aromatic heterocycles. The fourth-order valence-corrected chi connectivity index (χ4v) is 5.15. The van der Waals surface area contributed by atoms with Crippen LogP contribution in [-0.2, 0) is 14.2 Å². The van der Waals surface area contributed by atoms with Gasteiger partial charge in [0, 0.05) is 23.6 Å². The Morgan fingerprint density at radius 1 is 0.818 bits per heavy atom. The second-order valence-electron chi connectivity index (χ2n) is 10.8. The van der Waals surface area contributed by atoms with Crippen molar-refractivity contribution in [1.29, 1.82) is 0 Å². The molecule has 0 saturated carbocycles. The van der Waals surface area contributed by atoms with Gasteiger partial charge in [-0.2, -0.15) is 0 Å². The van der Waals surface area contributed by atoms with Gasteiger partial charge in [-0.1, -0.05) is 6.92 Å². The number of ether oxygens (including phenoxy) is 5. The van der Waals surface area contributed by atoms with Gasteiger partial charge in [-0.15, -0.1) is 0 Å². The van der Waals surface area contributed by atoms with Gasteiger partial charge in [-0.25, -0.2) is 0 Å². The number of phenolic OH excluding ortho intramolecular Hbond substituents is 3. The van der Waals surface area contributed by atoms with Crippen molar-refractivity contribution in [3.05, 3.63) is 40.6 Å². The van der Waals surface area contributed by atoms with Crippen molar-refractivity contribution >= 4 is 11.0 Å². The fraction of sp³-hybridized carbons (Fsp3) is 0.483. The summed E-state index contributed by atoms with van der Waals surface area (Å²) in [5.41, 5.74) is -1.05. The summed E-state index contributed by atoms with van der Waals surface area (Å²) in [6.07, 6.45) is -13.1. The van der Waals surface area contributed by atoms with Crippen molar-refractivity contribution in [3.8, 4) is 40.1 Å². The topological polar surface area (TPSA) is 238 Å². The number of methoxy groups -OCH3 is 1. The summed E-state index contributed by atoms with van der Waals surface area (Å²) in [6, 6.07) is 5.92. The van der Waals surface area contributed by atoms with E-state index >= 15 is 0 Å². The smallest absolute Gasteiger partial charge is 0.239 e. The van der Waals surface area contributed by atoms with Gasteiger partial charge < -0.3 is 69.0 Å². The molecular formula is C29H34O15. The molecule has 2 aliphatic heterocycles. The molecular weight excluding hydrogens is 588 g/mol. The molecule has 44 heavy (non-hydrogen) atoms. The van der Waals surface area contributed by atoms with Crippen LogP contribution in [0.4, 0.5) is 0 Å². The molecule has 8 N–H and O–H groups in total. The predicted molar refractivity (Wildman–Crippen MR) is 148 cm³/mol. The zero-order valence-corrected chi connectivity index (χ0v) is 23.8. The van der Waals surface area contributed by atoms with E-state index in [1.165, 1.54) is 25.3 Å². The van der Waals surface area contributed by atoms with Crippen LogP contribution in [-0.4, -0.2) is 110 Å². The van der Waals surface area contributed by atoms with Crippen molar-refractivity contribution in [2.45, 2.75) is 69.2 Å². The second-order valence-corrected chi connectivity index (χ2v) is 10.8. The number of rotatable bonds is 7. The molecule has 3 aromatic rings. The summed E-state index contributed by atoms with van der Waals surface area (Å²) in [7, 11) is 1.29. The predicted octanol–water partition coefficient (Wildman–Crippen LogP) is -0.109. The lowest BCUT2D eigenvalue weighted by molar-refractivity contribution is -0.313. The Bertz CT molecular complexity index is 1560. The largest absolute Gasteiger partial charge is 0.508 e. The number of phenols is 3. The van der Waals surface area contributed by atoms with Crippen LogP contribution in [0.1, 0.15) is 13.8 Å². The number of hydrogen-bond donors (Lipinski definition) is 8. The first-order valence-corrected chi connectivity index (χ1v) is 13.7. The first-order valence-electron chi connectivity index (χ1n) is 13.7. The van der Waals surface area contributed by atoms with Crippen LogP contribution >= 0.6 is 0 Å². The summed E-state index contributed by atoms with van der Waals surface area (Å²) in [5.74, 6) is -2.56. The molecule has 240 valence electrons. The van der Waals surface area contributed by atoms with Gasteiger partial charge in [0.15, 0.2) is 23.5 Å². The van der Waals surface area contributed by atoms with Crippen molar-refractivity contribution in [2.75, 3.05) is 13.7 Å². The van der Waals surface area contributed by atoms with Crippen LogP contribution in [0.3, 0.4) is 0 Å². The van der Waals surface area contributed by atoms with Crippen LogP contribution in [0.5, 0.6) is 28.7 Å². The number of benzene rings is 2. The first-order chi connectivity index (χ1) is 20.8. The van der Waals surface area contributed by atoms with Crippen LogP contribution < -0.4 is 14.9 Å². The summed E-state index contributed by atoms with van der Waals surface area (Å²) < 4.78 is 33.7. The van der Waals surface area contributed by atoms with Crippen molar-refractivity contribution in [1.82, 2.24) is 0 Å². The number of aliphatic hydroxyl groups excluding tert-OH is 5. The van der Waals surface area contributed by atoms with Gasteiger partial charge in [-0.3, -0.25) is 4.79 Å². The third-order valence-electron chi connectivity index (χ3n) is 7.94. The van der Waals surface area contributed by atoms with Gasteiger partial charge >= 0.3 is 0 Å². The second kappa shape index (κ2) is 12.4. The highest BCUT2D eigenvalue weighted by Crippen LogP contribution is 2.40. The maximum atomic E-state index is 13.7. The molecule has 0 spiro atoms. The third kappa shape index (κ3) is 5.76. The molecule has 15 nitrogen and oxygen atoms in total. The Labute approximate surface area is 249 Å². The van der Waals surface area contributed by atoms with Crippen LogP contribution in [0.2, 0.25) is 0 Å². The van der Waals surface area contributed by atoms with Crippen molar-refractivity contribution in [2.24, 2.45) is 5.92 Å². The van der Waals surface area contributed by atoms with Crippen LogP contribution in [0, 0.1) is 5.92 Å². The maximum absolute atomic E-state index is 13.7. The first kappa shape index (κ1) is 31.7. The summed E-state index contributed by atoms with van der Waals surface area (Å²) in [6.45, 7) is 2.87. The molecule has 0 amide bonds. The Morgan fingerprint density at radius 3 is 2.23 bits per heavy atom. The van der Waals surface area contributed by atoms with E-state index in [9.17, 15) is 45.6 Å². The Morgan fingerprint density at radius 2 is 1.52 bits per heavy atom. The van der Waals surface area contributed by atoms with Gasteiger partial charge in [-0.05, 0) is 25.1 Å². The number of aromatic hydroxyl groups is 3. The van der Waals surface area contributed by atoms with Crippen LogP contribution in [0.25, 0.3) is 22.3 Å². The zero-order valence-electron chi connectivity index (χ0n) is 23.8. The van der Waals surface area contributed by atoms with Gasteiger partial charge in [0.05, 0.1) is 25.9 Å². The van der Waals surface area contributed by atoms with E-state index in [4.69, 9.17) is 28.1 Å². The van der Waals surface area contributed by atoms with E-state index in [1.54, 1.807) is 13.8 Å². The SMILES string of the molecule is COc1cc(-c2oc3cc(O)cc(O)c3c(=O)c2OC2OC(COC3OC(C)C(C)C(O)C3O)C(O)C(O)C2O)ccc1O. The van der Waals surface area contributed by atoms with Crippen molar-refractivity contribution in [3.63, 3.8) is 0 Å². The minimum absolute atomic E-state index is 0.000565. The van der Waals surface area contributed by atoms with E-state index in [0.29, 0.717) is 0 Å². The average Bonchev–Trinajstić information content (AvgIpc) is 2.98. The maximum Gasteiger partial charge on any atom is 0.239 e. The van der Waals surface area contributed by atoms with Gasteiger partial charge in [0.2, 0.25) is 17.5 Å². The van der Waals surface area contributed by atoms with E-state index < -0.39 is 90.5 Å². The summed E-state index contributed by atoms with van der Waals surface area (Å²) >= 11 is 0. The highest BCUT2D eigenvalue weighted by Gasteiger charge is 2.47. The highest BCUT2D eigenvalue weighted by molar-refractivity contribution is 5.88. The summed E-state index contributed by atoms with van der Waals surface area (Å²) in [4.78, 5) is 13.7. The van der Waals surface area contributed by atoms with E-state index in [1.807, 2.05) is 0 Å². The Kier molecular flexibility index (Phi) is 8.93. The molecule has 2 aromatic carbocycles. The average molecular weight is 623 g/mol. The van der Waals surface area contributed by atoms with Gasteiger partial charge in [0.25, 0.3) is 0 Å². The molecule has 2 saturated heterocycles. The quantitative estimate of drug-likeness (QED) is 0.172. The molecule has 2 fully saturated rings. The monoisotopic (exact) mass is 622 g/mol. The molecule has 10 unspecified atom stereocenters. The number of fused-ring (bicyclic) bond motifs is 1. The van der Waals surface area contributed by atoms with Gasteiger partial charge in [0.1, 0.15) is 53.0 Å². The molecule has 2 aliphatic rings.